The van der Waals surface area contributed by atoms with Crippen LogP contribution in [0.5, 0.6) is 0 Å². The molecule has 0 spiro atoms. The molecule has 0 heterocycles. The van der Waals surface area contributed by atoms with Gasteiger partial charge in [-0.2, -0.15) is 0 Å². The first kappa shape index (κ1) is 11.5. The second kappa shape index (κ2) is 4.11. The van der Waals surface area contributed by atoms with Crippen molar-refractivity contribution in [3.63, 3.8) is 0 Å². The van der Waals surface area contributed by atoms with Crippen LogP contribution in [0.4, 0.5) is 0 Å². The average molecular weight is 208 g/mol. The molecule has 4 aliphatic carbocycles. The summed E-state index contributed by atoms with van der Waals surface area (Å²) in [6.45, 7) is 9.04. The van der Waals surface area contributed by atoms with Crippen molar-refractivity contribution in [1.82, 2.24) is 0 Å². The Morgan fingerprint density at radius 1 is 0.800 bits per heavy atom. The zero-order valence-electron chi connectivity index (χ0n) is 11.1. The summed E-state index contributed by atoms with van der Waals surface area (Å²) in [5, 5.41) is 0. The van der Waals surface area contributed by atoms with Gasteiger partial charge in [0.05, 0.1) is 0 Å². The van der Waals surface area contributed by atoms with Gasteiger partial charge in [-0.25, -0.2) is 0 Å². The van der Waals surface area contributed by atoms with Crippen molar-refractivity contribution < 1.29 is 0 Å². The first-order valence-corrected chi connectivity index (χ1v) is 6.97. The molecular weight excluding hydrogens is 180 g/mol. The van der Waals surface area contributed by atoms with E-state index in [1.807, 2.05) is 0 Å². The SMILES string of the molecule is CC(C)C.CC12CC3CC(CC(C3)C1)C2. The summed E-state index contributed by atoms with van der Waals surface area (Å²) in [5.41, 5.74) is 0.800. The fourth-order valence-corrected chi connectivity index (χ4v) is 4.54. The van der Waals surface area contributed by atoms with Gasteiger partial charge in [0.25, 0.3) is 0 Å². The highest BCUT2D eigenvalue weighted by Gasteiger charge is 2.48. The Bertz CT molecular complexity index is 176. The Kier molecular flexibility index (Phi) is 3.14. The molecule has 4 fully saturated rings. The van der Waals surface area contributed by atoms with Crippen LogP contribution in [-0.2, 0) is 0 Å². The Balaban J connectivity index is 0.000000188. The topological polar surface area (TPSA) is 0 Å². The predicted molar refractivity (Wildman–Crippen MR) is 66.8 cm³/mol. The van der Waals surface area contributed by atoms with Gasteiger partial charge in [-0.05, 0) is 67.6 Å². The van der Waals surface area contributed by atoms with E-state index in [-0.39, 0.29) is 0 Å². The molecule has 0 aromatic heterocycles. The fraction of sp³-hybridized carbons (Fsp3) is 1.00. The molecular formula is C15H28. The van der Waals surface area contributed by atoms with E-state index < -0.39 is 0 Å². The minimum absolute atomic E-state index is 0.800. The van der Waals surface area contributed by atoms with Crippen LogP contribution >= 0.6 is 0 Å². The maximum absolute atomic E-state index is 2.54. The van der Waals surface area contributed by atoms with Gasteiger partial charge in [0, 0.05) is 0 Å². The smallest absolute Gasteiger partial charge is 0.0318 e. The first-order chi connectivity index (χ1) is 6.97. The second-order valence-corrected chi connectivity index (χ2v) is 7.46. The second-order valence-electron chi connectivity index (χ2n) is 7.46. The molecule has 0 aromatic carbocycles. The molecule has 4 bridgehead atoms. The van der Waals surface area contributed by atoms with Crippen molar-refractivity contribution in [2.45, 2.75) is 66.2 Å². The van der Waals surface area contributed by atoms with E-state index in [0.717, 1.165) is 29.1 Å². The molecule has 4 saturated carbocycles. The number of hydrogen-bond acceptors (Lipinski definition) is 0. The van der Waals surface area contributed by atoms with Crippen LogP contribution in [0.25, 0.3) is 0 Å². The van der Waals surface area contributed by atoms with Gasteiger partial charge in [-0.1, -0.05) is 27.7 Å². The molecule has 0 aliphatic heterocycles. The average Bonchev–Trinajstić information content (AvgIpc) is 1.96. The van der Waals surface area contributed by atoms with Crippen LogP contribution in [-0.4, -0.2) is 0 Å². The van der Waals surface area contributed by atoms with Gasteiger partial charge in [0.2, 0.25) is 0 Å². The van der Waals surface area contributed by atoms with Gasteiger partial charge in [0.1, 0.15) is 0 Å². The van der Waals surface area contributed by atoms with Crippen molar-refractivity contribution in [2.24, 2.45) is 29.1 Å². The monoisotopic (exact) mass is 208 g/mol. The predicted octanol–water partition coefficient (Wildman–Crippen LogP) is 4.89. The first-order valence-electron chi connectivity index (χ1n) is 6.97. The largest absolute Gasteiger partial charge is 0.0630 e. The summed E-state index contributed by atoms with van der Waals surface area (Å²) >= 11 is 0. The quantitative estimate of drug-likeness (QED) is 0.532. The molecule has 0 heteroatoms. The van der Waals surface area contributed by atoms with Crippen LogP contribution in [0.3, 0.4) is 0 Å². The molecule has 4 rings (SSSR count). The summed E-state index contributed by atoms with van der Waals surface area (Å²) < 4.78 is 0. The minimum Gasteiger partial charge on any atom is -0.0630 e. The van der Waals surface area contributed by atoms with Gasteiger partial charge < -0.3 is 0 Å². The molecule has 15 heavy (non-hydrogen) atoms. The van der Waals surface area contributed by atoms with Crippen LogP contribution < -0.4 is 0 Å². The van der Waals surface area contributed by atoms with Crippen molar-refractivity contribution in [2.75, 3.05) is 0 Å². The Morgan fingerprint density at radius 3 is 1.27 bits per heavy atom. The lowest BCUT2D eigenvalue weighted by molar-refractivity contribution is -0.0411. The normalized spacial score (nSPS) is 46.6. The van der Waals surface area contributed by atoms with E-state index >= 15 is 0 Å². The third-order valence-electron chi connectivity index (χ3n) is 4.34. The van der Waals surface area contributed by atoms with E-state index in [9.17, 15) is 0 Å². The molecule has 0 amide bonds. The third-order valence-corrected chi connectivity index (χ3v) is 4.34. The molecule has 0 N–H and O–H groups in total. The zero-order valence-corrected chi connectivity index (χ0v) is 11.1. The van der Waals surface area contributed by atoms with Crippen LogP contribution in [0.15, 0.2) is 0 Å². The highest BCUT2D eigenvalue weighted by Crippen LogP contribution is 2.59. The van der Waals surface area contributed by atoms with Crippen molar-refractivity contribution >= 4 is 0 Å². The highest BCUT2D eigenvalue weighted by atomic mass is 14.5. The Labute approximate surface area is 95.8 Å². The molecule has 88 valence electrons. The Morgan fingerprint density at radius 2 is 1.07 bits per heavy atom. The minimum atomic E-state index is 0.800. The maximum atomic E-state index is 2.54. The van der Waals surface area contributed by atoms with E-state index in [0.29, 0.717) is 0 Å². The summed E-state index contributed by atoms with van der Waals surface area (Å²) in [5.74, 6) is 4.27. The number of hydrogen-bond donors (Lipinski definition) is 0. The van der Waals surface area contributed by atoms with Crippen molar-refractivity contribution in [3.8, 4) is 0 Å². The lowest BCUT2D eigenvalue weighted by Crippen LogP contribution is -2.44. The molecule has 0 atom stereocenters. The summed E-state index contributed by atoms with van der Waals surface area (Å²) in [7, 11) is 0. The van der Waals surface area contributed by atoms with Crippen LogP contribution in [0.1, 0.15) is 66.2 Å². The van der Waals surface area contributed by atoms with Crippen molar-refractivity contribution in [3.05, 3.63) is 0 Å². The van der Waals surface area contributed by atoms with E-state index in [4.69, 9.17) is 0 Å². The summed E-state index contributed by atoms with van der Waals surface area (Å²) in [4.78, 5) is 0. The van der Waals surface area contributed by atoms with E-state index in [2.05, 4.69) is 27.7 Å². The number of rotatable bonds is 0. The molecule has 0 radical (unpaired) electrons. The standard InChI is InChI=1S/C11H18.C4H10/c1-11-5-8-2-9(6-11)4-10(3-8)7-11;1-4(2)3/h8-10H,2-7H2,1H3;4H,1-3H3. The van der Waals surface area contributed by atoms with Gasteiger partial charge in [-0.3, -0.25) is 0 Å². The van der Waals surface area contributed by atoms with E-state index in [1.54, 1.807) is 38.5 Å². The maximum Gasteiger partial charge on any atom is -0.0318 e. The van der Waals surface area contributed by atoms with Crippen LogP contribution in [0, 0.1) is 29.1 Å². The van der Waals surface area contributed by atoms with Crippen molar-refractivity contribution in [1.29, 1.82) is 0 Å². The summed E-state index contributed by atoms with van der Waals surface area (Å²) in [6, 6.07) is 0. The highest BCUT2D eigenvalue weighted by molar-refractivity contribution is 4.99. The molecule has 0 saturated heterocycles. The molecule has 0 unspecified atom stereocenters. The van der Waals surface area contributed by atoms with Gasteiger partial charge >= 0.3 is 0 Å². The molecule has 4 aliphatic rings. The fourth-order valence-electron chi connectivity index (χ4n) is 4.54. The van der Waals surface area contributed by atoms with Gasteiger partial charge in [0.15, 0.2) is 0 Å². The lowest BCUT2D eigenvalue weighted by Gasteiger charge is -2.55. The molecule has 0 aromatic rings. The third kappa shape index (κ3) is 2.77. The van der Waals surface area contributed by atoms with E-state index in [1.165, 1.54) is 0 Å². The molecule has 0 nitrogen and oxygen atoms in total. The zero-order chi connectivity index (χ0) is 11.1. The summed E-state index contributed by atoms with van der Waals surface area (Å²) in [6.07, 6.45) is 9.48. The van der Waals surface area contributed by atoms with Gasteiger partial charge in [-0.15, -0.1) is 0 Å². The Hall–Kier alpha value is 0. The lowest BCUT2D eigenvalue weighted by atomic mass is 9.50. The van der Waals surface area contributed by atoms with Crippen LogP contribution in [0.2, 0.25) is 0 Å².